The Morgan fingerprint density at radius 1 is 0.917 bits per heavy atom. The van der Waals surface area contributed by atoms with E-state index >= 15 is 0 Å². The van der Waals surface area contributed by atoms with Gasteiger partial charge in [-0.15, -0.1) is 0 Å². The van der Waals surface area contributed by atoms with Crippen molar-refractivity contribution < 1.29 is 24.2 Å². The van der Waals surface area contributed by atoms with Crippen molar-refractivity contribution in [3.63, 3.8) is 0 Å². The van der Waals surface area contributed by atoms with E-state index in [0.29, 0.717) is 5.56 Å². The molecule has 2 aliphatic carbocycles. The minimum absolute atomic E-state index is 0.0324. The van der Waals surface area contributed by atoms with Crippen molar-refractivity contribution in [2.75, 3.05) is 11.5 Å². The second-order valence-corrected chi connectivity index (χ2v) is 9.99. The average Bonchev–Trinajstić information content (AvgIpc) is 3.62. The van der Waals surface area contributed by atoms with Crippen LogP contribution in [0.2, 0.25) is 0 Å². The van der Waals surface area contributed by atoms with E-state index in [1.807, 2.05) is 71.6 Å². The highest BCUT2D eigenvalue weighted by atomic mass is 16.6. The molecule has 0 bridgehead atoms. The fourth-order valence-corrected chi connectivity index (χ4v) is 6.14. The molecule has 0 saturated heterocycles. The number of nitrogens with zero attached hydrogens (tertiary/aromatic N) is 2. The van der Waals surface area contributed by atoms with Gasteiger partial charge in [0.25, 0.3) is 5.91 Å². The number of carbonyl (C=O) groups is 3. The lowest BCUT2D eigenvalue weighted by atomic mass is 9.81. The van der Waals surface area contributed by atoms with Crippen LogP contribution in [0.15, 0.2) is 66.7 Å². The van der Waals surface area contributed by atoms with Gasteiger partial charge in [0.15, 0.2) is 6.61 Å². The highest BCUT2D eigenvalue weighted by Gasteiger charge is 2.52. The summed E-state index contributed by atoms with van der Waals surface area (Å²) in [5, 5.41) is 11.2. The van der Waals surface area contributed by atoms with Crippen molar-refractivity contribution in [2.24, 2.45) is 5.92 Å². The van der Waals surface area contributed by atoms with Crippen LogP contribution in [0.3, 0.4) is 0 Å². The summed E-state index contributed by atoms with van der Waals surface area (Å²) < 4.78 is 5.18. The third-order valence-electron chi connectivity index (χ3n) is 7.77. The van der Waals surface area contributed by atoms with Crippen molar-refractivity contribution >= 4 is 34.4 Å². The minimum atomic E-state index is -1.17. The second kappa shape index (κ2) is 8.97. The first kappa shape index (κ1) is 22.6. The zero-order chi connectivity index (χ0) is 24.8. The third kappa shape index (κ3) is 3.88. The molecule has 0 radical (unpaired) electrons. The topological polar surface area (TPSA) is 87.2 Å². The minimum Gasteiger partial charge on any atom is -0.479 e. The molecule has 36 heavy (non-hydrogen) atoms. The van der Waals surface area contributed by atoms with Crippen molar-refractivity contribution in [3.05, 3.63) is 77.9 Å². The van der Waals surface area contributed by atoms with Gasteiger partial charge in [-0.2, -0.15) is 0 Å². The van der Waals surface area contributed by atoms with Gasteiger partial charge in [0.1, 0.15) is 0 Å². The van der Waals surface area contributed by atoms with Crippen molar-refractivity contribution in [3.8, 4) is 0 Å². The van der Waals surface area contributed by atoms with E-state index in [1.165, 1.54) is 0 Å². The van der Waals surface area contributed by atoms with Crippen LogP contribution in [0.4, 0.5) is 10.5 Å². The lowest BCUT2D eigenvalue weighted by Crippen LogP contribution is -2.53. The van der Waals surface area contributed by atoms with Crippen LogP contribution in [0.25, 0.3) is 10.8 Å². The lowest BCUT2D eigenvalue weighted by molar-refractivity contribution is -0.140. The largest absolute Gasteiger partial charge is 0.479 e. The summed E-state index contributed by atoms with van der Waals surface area (Å²) in [7, 11) is 0. The maximum absolute atomic E-state index is 14.0. The number of rotatable bonds is 5. The lowest BCUT2D eigenvalue weighted by Gasteiger charge is -2.47. The SMILES string of the molecule is O=C(O)COC(=O)N(C1CC1)C1c2ccccc2N(C(=O)c2ccc3ccccc3c2)C2CCCC21. The van der Waals surface area contributed by atoms with Crippen LogP contribution in [0, 0.1) is 5.92 Å². The van der Waals surface area contributed by atoms with E-state index in [4.69, 9.17) is 9.84 Å². The Bertz CT molecular complexity index is 1350. The van der Waals surface area contributed by atoms with Gasteiger partial charge in [-0.05, 0) is 60.2 Å². The molecule has 1 aliphatic heterocycles. The van der Waals surface area contributed by atoms with Gasteiger partial charge >= 0.3 is 12.1 Å². The van der Waals surface area contributed by atoms with Crippen molar-refractivity contribution in [1.82, 2.24) is 4.90 Å². The number of benzene rings is 3. The normalized spacial score (nSPS) is 22.6. The van der Waals surface area contributed by atoms with Crippen LogP contribution in [-0.4, -0.2) is 46.7 Å². The number of aliphatic carboxylic acids is 1. The average molecular weight is 485 g/mol. The molecule has 3 aromatic rings. The molecule has 7 nitrogen and oxygen atoms in total. The second-order valence-electron chi connectivity index (χ2n) is 9.99. The first-order valence-corrected chi connectivity index (χ1v) is 12.6. The molecule has 0 spiro atoms. The van der Waals surface area contributed by atoms with Crippen LogP contribution in [0.5, 0.6) is 0 Å². The molecular formula is C29H28N2O5. The number of ether oxygens (including phenoxy) is 1. The molecule has 0 aromatic heterocycles. The predicted octanol–water partition coefficient (Wildman–Crippen LogP) is 5.40. The summed E-state index contributed by atoms with van der Waals surface area (Å²) in [6, 6.07) is 21.4. The molecule has 2 fully saturated rings. The highest BCUT2D eigenvalue weighted by Crippen LogP contribution is 2.52. The molecule has 1 heterocycles. The standard InChI is InChI=1S/C29H28N2O5/c32-26(33)17-36-29(35)30(21-14-15-21)27-22-8-3-4-10-24(22)31(25-11-5-9-23(25)27)28(34)20-13-12-18-6-1-2-7-19(18)16-20/h1-4,6-8,10,12-13,16,21,23,25,27H,5,9,11,14-15,17H2,(H,32,33). The van der Waals surface area contributed by atoms with Crippen molar-refractivity contribution in [1.29, 1.82) is 0 Å². The fourth-order valence-electron chi connectivity index (χ4n) is 6.14. The number of hydrogen-bond acceptors (Lipinski definition) is 4. The number of para-hydroxylation sites is 1. The Morgan fingerprint density at radius 3 is 2.44 bits per heavy atom. The first-order chi connectivity index (χ1) is 17.5. The van der Waals surface area contributed by atoms with Crippen LogP contribution >= 0.6 is 0 Å². The molecule has 3 unspecified atom stereocenters. The molecule has 2 saturated carbocycles. The van der Waals surface area contributed by atoms with E-state index in [1.54, 1.807) is 4.90 Å². The Kier molecular flexibility index (Phi) is 5.63. The maximum Gasteiger partial charge on any atom is 0.411 e. The summed E-state index contributed by atoms with van der Waals surface area (Å²) in [4.78, 5) is 42.0. The Morgan fingerprint density at radius 2 is 1.67 bits per heavy atom. The van der Waals surface area contributed by atoms with Gasteiger partial charge in [0, 0.05) is 29.3 Å². The predicted molar refractivity (Wildman–Crippen MR) is 135 cm³/mol. The van der Waals surface area contributed by atoms with Crippen molar-refractivity contribution in [2.45, 2.75) is 50.2 Å². The van der Waals surface area contributed by atoms with E-state index in [0.717, 1.165) is 54.1 Å². The van der Waals surface area contributed by atoms with Gasteiger partial charge < -0.3 is 14.7 Å². The molecule has 1 N–H and O–H groups in total. The zero-order valence-electron chi connectivity index (χ0n) is 19.9. The molecule has 3 aliphatic rings. The van der Waals surface area contributed by atoms with Gasteiger partial charge in [0.05, 0.1) is 6.04 Å². The maximum atomic E-state index is 14.0. The number of anilines is 1. The Balaban J connectivity index is 1.41. The van der Waals surface area contributed by atoms with Crippen LogP contribution in [-0.2, 0) is 9.53 Å². The monoisotopic (exact) mass is 484 g/mol. The molecule has 6 rings (SSSR count). The third-order valence-corrected chi connectivity index (χ3v) is 7.77. The van der Waals surface area contributed by atoms with E-state index in [2.05, 4.69) is 0 Å². The fraction of sp³-hybridized carbons (Fsp3) is 0.345. The van der Waals surface area contributed by atoms with E-state index in [-0.39, 0.29) is 30.0 Å². The zero-order valence-corrected chi connectivity index (χ0v) is 19.9. The Labute approximate surface area is 209 Å². The molecular weight excluding hydrogens is 456 g/mol. The molecule has 2 amide bonds. The summed E-state index contributed by atoms with van der Waals surface area (Å²) >= 11 is 0. The molecule has 3 atom stereocenters. The molecule has 7 heteroatoms. The number of carboxylic acid groups (broad SMARTS) is 1. The highest BCUT2D eigenvalue weighted by molar-refractivity contribution is 6.09. The number of hydrogen-bond donors (Lipinski definition) is 1. The van der Waals surface area contributed by atoms with Crippen LogP contribution in [0.1, 0.15) is 54.1 Å². The number of carbonyl (C=O) groups excluding carboxylic acids is 2. The van der Waals surface area contributed by atoms with Crippen LogP contribution < -0.4 is 4.90 Å². The molecule has 184 valence electrons. The number of fused-ring (bicyclic) bond motifs is 3. The summed E-state index contributed by atoms with van der Waals surface area (Å²) in [5.74, 6) is -1.15. The number of amides is 2. The van der Waals surface area contributed by atoms with Gasteiger partial charge in [-0.3, -0.25) is 9.69 Å². The first-order valence-electron chi connectivity index (χ1n) is 12.6. The summed E-state index contributed by atoms with van der Waals surface area (Å²) in [5.41, 5.74) is 2.39. The van der Waals surface area contributed by atoms with E-state index < -0.39 is 18.7 Å². The molecule has 3 aromatic carbocycles. The summed E-state index contributed by atoms with van der Waals surface area (Å²) in [6.07, 6.45) is 3.87. The van der Waals surface area contributed by atoms with Gasteiger partial charge in [0.2, 0.25) is 0 Å². The quantitative estimate of drug-likeness (QED) is 0.524. The van der Waals surface area contributed by atoms with Gasteiger partial charge in [-0.1, -0.05) is 55.0 Å². The smallest absolute Gasteiger partial charge is 0.411 e. The van der Waals surface area contributed by atoms with E-state index in [9.17, 15) is 14.4 Å². The number of carboxylic acids is 1. The van der Waals surface area contributed by atoms with Gasteiger partial charge in [-0.25, -0.2) is 9.59 Å². The Hall–Kier alpha value is -3.87. The summed E-state index contributed by atoms with van der Waals surface area (Å²) in [6.45, 7) is -0.656.